The molecule has 0 aliphatic heterocycles. The number of ether oxygens (including phenoxy) is 2. The van der Waals surface area contributed by atoms with Crippen LogP contribution in [0.25, 0.3) is 0 Å². The molecule has 8 nitrogen and oxygen atoms in total. The van der Waals surface area contributed by atoms with Crippen molar-refractivity contribution in [2.45, 2.75) is 13.8 Å². The lowest BCUT2D eigenvalue weighted by atomic mass is 10.2. The van der Waals surface area contributed by atoms with Crippen molar-refractivity contribution in [2.24, 2.45) is 5.84 Å². The third-order valence-electron chi connectivity index (χ3n) is 2.67. The van der Waals surface area contributed by atoms with Gasteiger partial charge in [0.25, 0.3) is 0 Å². The van der Waals surface area contributed by atoms with Crippen LogP contribution in [0, 0.1) is 6.92 Å². The summed E-state index contributed by atoms with van der Waals surface area (Å²) in [6.07, 6.45) is 0. The molecular formula is C13H18N6O2. The van der Waals surface area contributed by atoms with Crippen molar-refractivity contribution in [3.63, 3.8) is 0 Å². The lowest BCUT2D eigenvalue weighted by Crippen LogP contribution is -2.13. The molecule has 0 fully saturated rings. The molecule has 0 radical (unpaired) electrons. The Hall–Kier alpha value is -2.61. The number of benzene rings is 1. The second-order valence-corrected chi connectivity index (χ2v) is 4.15. The number of aryl methyl sites for hydroxylation is 1. The molecule has 0 aliphatic rings. The van der Waals surface area contributed by atoms with Crippen LogP contribution in [-0.4, -0.2) is 28.7 Å². The van der Waals surface area contributed by atoms with E-state index in [2.05, 4.69) is 25.7 Å². The lowest BCUT2D eigenvalue weighted by Gasteiger charge is -2.10. The van der Waals surface area contributed by atoms with Gasteiger partial charge in [-0.25, -0.2) is 5.84 Å². The Bertz CT molecular complexity index is 620. The number of nitrogens with zero attached hydrogens (tertiary/aromatic N) is 3. The molecule has 0 saturated carbocycles. The van der Waals surface area contributed by atoms with Crippen LogP contribution >= 0.6 is 0 Å². The first-order chi connectivity index (χ1) is 10.2. The molecule has 4 N–H and O–H groups in total. The molecule has 8 heteroatoms. The van der Waals surface area contributed by atoms with Gasteiger partial charge in [0.1, 0.15) is 5.75 Å². The number of hydrogen-bond donors (Lipinski definition) is 3. The van der Waals surface area contributed by atoms with E-state index < -0.39 is 0 Å². The van der Waals surface area contributed by atoms with Crippen molar-refractivity contribution in [1.82, 2.24) is 15.0 Å². The molecule has 0 unspecified atom stereocenters. The van der Waals surface area contributed by atoms with Crippen molar-refractivity contribution in [3.05, 3.63) is 23.8 Å². The Balaban J connectivity index is 2.25. The van der Waals surface area contributed by atoms with Gasteiger partial charge in [-0.05, 0) is 37.6 Å². The standard InChI is InChI=1S/C13H18N6O2/c1-4-21-13-17-11(16-12(18-13)19-14)15-9-5-6-10(20-3)8(2)7-9/h5-7H,4,14H2,1-3H3,(H2,15,16,17,18,19). The average Bonchev–Trinajstić information content (AvgIpc) is 2.47. The van der Waals surface area contributed by atoms with Crippen LogP contribution in [0.5, 0.6) is 11.8 Å². The fourth-order valence-electron chi connectivity index (χ4n) is 1.76. The molecule has 2 rings (SSSR count). The quantitative estimate of drug-likeness (QED) is 0.544. The Labute approximate surface area is 122 Å². The maximum atomic E-state index is 5.34. The van der Waals surface area contributed by atoms with Crippen LogP contribution in [-0.2, 0) is 0 Å². The first-order valence-corrected chi connectivity index (χ1v) is 6.43. The molecule has 0 aliphatic carbocycles. The fraction of sp³-hybridized carbons (Fsp3) is 0.308. The molecule has 0 saturated heterocycles. The molecule has 21 heavy (non-hydrogen) atoms. The van der Waals surface area contributed by atoms with Gasteiger partial charge in [0.05, 0.1) is 13.7 Å². The van der Waals surface area contributed by atoms with Gasteiger partial charge < -0.3 is 14.8 Å². The monoisotopic (exact) mass is 290 g/mol. The second-order valence-electron chi connectivity index (χ2n) is 4.15. The van der Waals surface area contributed by atoms with Gasteiger partial charge in [0.15, 0.2) is 0 Å². The fourth-order valence-corrected chi connectivity index (χ4v) is 1.76. The molecule has 0 spiro atoms. The average molecular weight is 290 g/mol. The van der Waals surface area contributed by atoms with E-state index in [-0.39, 0.29) is 12.0 Å². The van der Waals surface area contributed by atoms with E-state index >= 15 is 0 Å². The van der Waals surface area contributed by atoms with E-state index in [1.165, 1.54) is 0 Å². The van der Waals surface area contributed by atoms with Gasteiger partial charge in [0.2, 0.25) is 11.9 Å². The number of hydrogen-bond acceptors (Lipinski definition) is 8. The first-order valence-electron chi connectivity index (χ1n) is 6.43. The van der Waals surface area contributed by atoms with Crippen molar-refractivity contribution in [3.8, 4) is 11.8 Å². The number of nitrogens with one attached hydrogen (secondary N) is 2. The Kier molecular flexibility index (Phi) is 4.72. The normalized spacial score (nSPS) is 10.1. The minimum Gasteiger partial charge on any atom is -0.496 e. The summed E-state index contributed by atoms with van der Waals surface area (Å²) < 4.78 is 10.5. The summed E-state index contributed by atoms with van der Waals surface area (Å²) in [5, 5.41) is 3.08. The number of nitrogens with two attached hydrogens (primary N) is 1. The minimum absolute atomic E-state index is 0.202. The van der Waals surface area contributed by atoms with Crippen molar-refractivity contribution >= 4 is 17.6 Å². The molecule has 1 heterocycles. The zero-order valence-electron chi connectivity index (χ0n) is 12.2. The first kappa shape index (κ1) is 14.8. The van der Waals surface area contributed by atoms with Crippen LogP contribution in [0.2, 0.25) is 0 Å². The van der Waals surface area contributed by atoms with Crippen LogP contribution < -0.4 is 26.1 Å². The Morgan fingerprint density at radius 2 is 1.95 bits per heavy atom. The maximum Gasteiger partial charge on any atom is 0.323 e. The van der Waals surface area contributed by atoms with E-state index in [1.54, 1.807) is 7.11 Å². The predicted octanol–water partition coefficient (Wildman–Crippen LogP) is 1.62. The number of hydrazine groups is 1. The highest BCUT2D eigenvalue weighted by Crippen LogP contribution is 2.23. The van der Waals surface area contributed by atoms with Gasteiger partial charge >= 0.3 is 6.01 Å². The molecule has 0 bridgehead atoms. The number of anilines is 3. The van der Waals surface area contributed by atoms with Crippen molar-refractivity contribution in [2.75, 3.05) is 24.5 Å². The van der Waals surface area contributed by atoms with Crippen molar-refractivity contribution in [1.29, 1.82) is 0 Å². The molecule has 112 valence electrons. The molecule has 0 atom stereocenters. The summed E-state index contributed by atoms with van der Waals surface area (Å²) in [6.45, 7) is 4.25. The SMILES string of the molecule is CCOc1nc(NN)nc(Nc2ccc(OC)c(C)c2)n1. The minimum atomic E-state index is 0.202. The predicted molar refractivity (Wildman–Crippen MR) is 79.8 cm³/mol. The summed E-state index contributed by atoms with van der Waals surface area (Å²) in [5.41, 5.74) is 4.20. The second kappa shape index (κ2) is 6.71. The van der Waals surface area contributed by atoms with E-state index in [1.807, 2.05) is 32.0 Å². The highest BCUT2D eigenvalue weighted by Gasteiger charge is 2.08. The summed E-state index contributed by atoms with van der Waals surface area (Å²) in [6, 6.07) is 5.86. The summed E-state index contributed by atoms with van der Waals surface area (Å²) in [5.74, 6) is 6.71. The lowest BCUT2D eigenvalue weighted by molar-refractivity contribution is 0.312. The summed E-state index contributed by atoms with van der Waals surface area (Å²) in [4.78, 5) is 12.3. The highest BCUT2D eigenvalue weighted by atomic mass is 16.5. The van der Waals surface area contributed by atoms with Gasteiger partial charge in [-0.3, -0.25) is 5.43 Å². The number of aromatic nitrogens is 3. The highest BCUT2D eigenvalue weighted by molar-refractivity contribution is 5.57. The topological polar surface area (TPSA) is 107 Å². The van der Waals surface area contributed by atoms with Gasteiger partial charge in [-0.1, -0.05) is 0 Å². The third-order valence-corrected chi connectivity index (χ3v) is 2.67. The molecule has 0 amide bonds. The smallest absolute Gasteiger partial charge is 0.323 e. The van der Waals surface area contributed by atoms with Crippen LogP contribution in [0.1, 0.15) is 12.5 Å². The molecule has 1 aromatic carbocycles. The number of rotatable bonds is 6. The van der Waals surface area contributed by atoms with Gasteiger partial charge in [-0.15, -0.1) is 0 Å². The molecule has 1 aromatic heterocycles. The van der Waals surface area contributed by atoms with Gasteiger partial charge in [0, 0.05) is 5.69 Å². The number of nitrogen functional groups attached to an aromatic ring is 1. The summed E-state index contributed by atoms with van der Waals surface area (Å²) >= 11 is 0. The van der Waals surface area contributed by atoms with E-state index in [0.29, 0.717) is 12.6 Å². The van der Waals surface area contributed by atoms with Crippen LogP contribution in [0.4, 0.5) is 17.6 Å². The van der Waals surface area contributed by atoms with E-state index in [4.69, 9.17) is 15.3 Å². The van der Waals surface area contributed by atoms with Crippen LogP contribution in [0.3, 0.4) is 0 Å². The maximum absolute atomic E-state index is 5.34. The van der Waals surface area contributed by atoms with E-state index in [0.717, 1.165) is 17.0 Å². The number of methoxy groups -OCH3 is 1. The van der Waals surface area contributed by atoms with E-state index in [9.17, 15) is 0 Å². The third kappa shape index (κ3) is 3.69. The Morgan fingerprint density at radius 1 is 1.19 bits per heavy atom. The zero-order chi connectivity index (χ0) is 15.2. The van der Waals surface area contributed by atoms with Crippen molar-refractivity contribution < 1.29 is 9.47 Å². The summed E-state index contributed by atoms with van der Waals surface area (Å²) in [7, 11) is 1.63. The van der Waals surface area contributed by atoms with Crippen LogP contribution in [0.15, 0.2) is 18.2 Å². The molecular weight excluding hydrogens is 272 g/mol. The zero-order valence-corrected chi connectivity index (χ0v) is 12.2. The van der Waals surface area contributed by atoms with Gasteiger partial charge in [-0.2, -0.15) is 15.0 Å². The largest absolute Gasteiger partial charge is 0.496 e. The Morgan fingerprint density at radius 3 is 2.57 bits per heavy atom. The molecule has 2 aromatic rings.